The van der Waals surface area contributed by atoms with Gasteiger partial charge in [0.15, 0.2) is 0 Å². The molecule has 0 amide bonds. The lowest BCUT2D eigenvalue weighted by atomic mass is 10.1. The average molecular weight is 439 g/mol. The van der Waals surface area contributed by atoms with Gasteiger partial charge in [-0.3, -0.25) is 0 Å². The largest absolute Gasteiger partial charge is 0.457 e. The van der Waals surface area contributed by atoms with Crippen molar-refractivity contribution in [3.63, 3.8) is 0 Å². The molecule has 0 radical (unpaired) electrons. The van der Waals surface area contributed by atoms with Crippen LogP contribution < -0.4 is 19.3 Å². The SMILES string of the molecule is Cc1cc(Oc2ccc(-c3ccc(Oc4ccc(N(C)C)cc4)cc3)cc2)ccc1N(C)C. The molecule has 0 aliphatic heterocycles. The topological polar surface area (TPSA) is 24.9 Å². The lowest BCUT2D eigenvalue weighted by Crippen LogP contribution is -2.09. The maximum Gasteiger partial charge on any atom is 0.127 e. The number of nitrogens with zero attached hydrogens (tertiary/aromatic N) is 2. The molecule has 0 aromatic heterocycles. The molecule has 4 aromatic carbocycles. The maximum atomic E-state index is 6.05. The second kappa shape index (κ2) is 9.70. The van der Waals surface area contributed by atoms with Gasteiger partial charge in [0.1, 0.15) is 23.0 Å². The van der Waals surface area contributed by atoms with Gasteiger partial charge in [0.05, 0.1) is 0 Å². The number of benzene rings is 4. The monoisotopic (exact) mass is 438 g/mol. The van der Waals surface area contributed by atoms with Crippen molar-refractivity contribution in [2.24, 2.45) is 0 Å². The van der Waals surface area contributed by atoms with Crippen LogP contribution in [0.2, 0.25) is 0 Å². The highest BCUT2D eigenvalue weighted by molar-refractivity contribution is 5.65. The predicted octanol–water partition coefficient (Wildman–Crippen LogP) is 7.38. The molecule has 4 rings (SSSR count). The Balaban J connectivity index is 1.41. The highest BCUT2D eigenvalue weighted by Crippen LogP contribution is 2.30. The molecular weight excluding hydrogens is 408 g/mol. The van der Waals surface area contributed by atoms with Gasteiger partial charge in [0.2, 0.25) is 0 Å². The normalized spacial score (nSPS) is 10.6. The van der Waals surface area contributed by atoms with Crippen LogP contribution >= 0.6 is 0 Å². The van der Waals surface area contributed by atoms with Crippen LogP contribution in [0.3, 0.4) is 0 Å². The van der Waals surface area contributed by atoms with E-state index in [2.05, 4.69) is 53.1 Å². The Morgan fingerprint density at radius 2 is 0.909 bits per heavy atom. The summed E-state index contributed by atoms with van der Waals surface area (Å²) in [6.45, 7) is 2.09. The summed E-state index contributed by atoms with van der Waals surface area (Å²) in [5.41, 5.74) is 5.78. The molecule has 0 heterocycles. The molecule has 0 unspecified atom stereocenters. The fourth-order valence-corrected chi connectivity index (χ4v) is 3.71. The summed E-state index contributed by atoms with van der Waals surface area (Å²) >= 11 is 0. The summed E-state index contributed by atoms with van der Waals surface area (Å²) in [4.78, 5) is 4.17. The number of rotatable bonds is 7. The van der Waals surface area contributed by atoms with E-state index in [0.717, 1.165) is 39.8 Å². The smallest absolute Gasteiger partial charge is 0.127 e. The molecule has 0 fully saturated rings. The number of anilines is 2. The van der Waals surface area contributed by atoms with Crippen molar-refractivity contribution < 1.29 is 9.47 Å². The van der Waals surface area contributed by atoms with Crippen molar-refractivity contribution in [1.82, 2.24) is 0 Å². The van der Waals surface area contributed by atoms with Crippen LogP contribution in [0.4, 0.5) is 11.4 Å². The van der Waals surface area contributed by atoms with E-state index in [0.29, 0.717) is 0 Å². The van der Waals surface area contributed by atoms with Crippen LogP contribution in [0.15, 0.2) is 91.0 Å². The van der Waals surface area contributed by atoms with Gasteiger partial charge in [-0.1, -0.05) is 24.3 Å². The molecule has 0 saturated heterocycles. The molecule has 0 atom stereocenters. The van der Waals surface area contributed by atoms with Gasteiger partial charge in [-0.25, -0.2) is 0 Å². The third-order valence-corrected chi connectivity index (χ3v) is 5.52. The van der Waals surface area contributed by atoms with E-state index in [9.17, 15) is 0 Å². The van der Waals surface area contributed by atoms with Crippen LogP contribution in [0.1, 0.15) is 5.56 Å². The van der Waals surface area contributed by atoms with Gasteiger partial charge in [-0.15, -0.1) is 0 Å². The minimum atomic E-state index is 0.813. The zero-order chi connectivity index (χ0) is 23.4. The van der Waals surface area contributed by atoms with E-state index >= 15 is 0 Å². The Morgan fingerprint density at radius 1 is 0.485 bits per heavy atom. The molecule has 0 bridgehead atoms. The zero-order valence-corrected chi connectivity index (χ0v) is 19.9. The number of hydrogen-bond donors (Lipinski definition) is 0. The Morgan fingerprint density at radius 3 is 1.33 bits per heavy atom. The van der Waals surface area contributed by atoms with Crippen molar-refractivity contribution in [2.75, 3.05) is 38.0 Å². The van der Waals surface area contributed by atoms with Gasteiger partial charge in [-0.2, -0.15) is 0 Å². The van der Waals surface area contributed by atoms with Gasteiger partial charge in [0, 0.05) is 39.6 Å². The molecule has 168 valence electrons. The predicted molar refractivity (Wildman–Crippen MR) is 138 cm³/mol. The fraction of sp³-hybridized carbons (Fsp3) is 0.172. The number of ether oxygens (including phenoxy) is 2. The van der Waals surface area contributed by atoms with Gasteiger partial charge in [-0.05, 0) is 90.3 Å². The molecule has 0 spiro atoms. The Kier molecular flexibility index (Phi) is 6.55. The van der Waals surface area contributed by atoms with E-state index < -0.39 is 0 Å². The average Bonchev–Trinajstić information content (AvgIpc) is 2.80. The van der Waals surface area contributed by atoms with Crippen LogP contribution in [-0.4, -0.2) is 28.2 Å². The lowest BCUT2D eigenvalue weighted by Gasteiger charge is -2.16. The molecule has 4 heteroatoms. The third-order valence-electron chi connectivity index (χ3n) is 5.52. The quantitative estimate of drug-likeness (QED) is 0.300. The summed E-state index contributed by atoms with van der Waals surface area (Å²) in [5, 5.41) is 0. The number of aryl methyl sites for hydroxylation is 1. The number of hydrogen-bond acceptors (Lipinski definition) is 4. The lowest BCUT2D eigenvalue weighted by molar-refractivity contribution is 0.482. The molecular formula is C29H30N2O2. The minimum absolute atomic E-state index is 0.813. The zero-order valence-electron chi connectivity index (χ0n) is 19.9. The van der Waals surface area contributed by atoms with Gasteiger partial charge in [0.25, 0.3) is 0 Å². The highest BCUT2D eigenvalue weighted by Gasteiger charge is 2.05. The summed E-state index contributed by atoms with van der Waals surface area (Å²) in [5.74, 6) is 3.29. The van der Waals surface area contributed by atoms with E-state index in [1.807, 2.05) is 82.8 Å². The van der Waals surface area contributed by atoms with Crippen LogP contribution in [0, 0.1) is 6.92 Å². The molecule has 0 aliphatic carbocycles. The fourth-order valence-electron chi connectivity index (χ4n) is 3.71. The molecule has 0 aliphatic rings. The van der Waals surface area contributed by atoms with Crippen LogP contribution in [0.25, 0.3) is 11.1 Å². The maximum absolute atomic E-state index is 6.05. The Hall–Kier alpha value is -3.92. The van der Waals surface area contributed by atoms with Crippen molar-refractivity contribution in [3.05, 3.63) is 96.6 Å². The Bertz CT molecular complexity index is 1200. The van der Waals surface area contributed by atoms with Crippen molar-refractivity contribution in [1.29, 1.82) is 0 Å². The first kappa shape index (κ1) is 22.3. The van der Waals surface area contributed by atoms with Crippen LogP contribution in [-0.2, 0) is 0 Å². The molecule has 33 heavy (non-hydrogen) atoms. The first-order chi connectivity index (χ1) is 15.9. The standard InChI is InChI=1S/C29H30N2O2/c1-21-20-28(18-19-29(21)31(4)5)33-26-14-8-23(9-15-26)22-6-12-25(13-7-22)32-27-16-10-24(11-17-27)30(2)3/h6-20H,1-5H3. The summed E-state index contributed by atoms with van der Waals surface area (Å²) in [6, 6.07) is 30.5. The van der Waals surface area contributed by atoms with Crippen molar-refractivity contribution >= 4 is 11.4 Å². The van der Waals surface area contributed by atoms with E-state index in [-0.39, 0.29) is 0 Å². The van der Waals surface area contributed by atoms with E-state index in [1.54, 1.807) is 0 Å². The van der Waals surface area contributed by atoms with E-state index in [4.69, 9.17) is 9.47 Å². The second-order valence-corrected chi connectivity index (χ2v) is 8.48. The molecule has 4 aromatic rings. The summed E-state index contributed by atoms with van der Waals surface area (Å²) in [6.07, 6.45) is 0. The highest BCUT2D eigenvalue weighted by atomic mass is 16.5. The van der Waals surface area contributed by atoms with Crippen LogP contribution in [0.5, 0.6) is 23.0 Å². The van der Waals surface area contributed by atoms with Gasteiger partial charge < -0.3 is 19.3 Å². The minimum Gasteiger partial charge on any atom is -0.457 e. The van der Waals surface area contributed by atoms with E-state index in [1.165, 1.54) is 11.3 Å². The second-order valence-electron chi connectivity index (χ2n) is 8.48. The Labute approximate surface area is 196 Å². The molecule has 0 saturated carbocycles. The first-order valence-electron chi connectivity index (χ1n) is 11.0. The van der Waals surface area contributed by atoms with Gasteiger partial charge >= 0.3 is 0 Å². The first-order valence-corrected chi connectivity index (χ1v) is 11.0. The summed E-state index contributed by atoms with van der Waals surface area (Å²) < 4.78 is 12.0. The molecule has 0 N–H and O–H groups in total. The van der Waals surface area contributed by atoms with Crippen molar-refractivity contribution in [3.8, 4) is 34.1 Å². The summed E-state index contributed by atoms with van der Waals surface area (Å²) in [7, 11) is 8.14. The van der Waals surface area contributed by atoms with Crippen molar-refractivity contribution in [2.45, 2.75) is 6.92 Å². The molecule has 4 nitrogen and oxygen atoms in total. The third kappa shape index (κ3) is 5.47.